The van der Waals surface area contributed by atoms with E-state index >= 15 is 0 Å². The molecule has 0 radical (unpaired) electrons. The number of nitrogens with zero attached hydrogens (tertiary/aromatic N) is 1. The van der Waals surface area contributed by atoms with Crippen molar-refractivity contribution in [2.45, 2.75) is 38.6 Å². The first-order valence-corrected chi connectivity index (χ1v) is 8.34. The molecule has 2 rings (SSSR count). The van der Waals surface area contributed by atoms with Crippen molar-refractivity contribution >= 4 is 17.5 Å². The Hall–Kier alpha value is -1.80. The smallest absolute Gasteiger partial charge is 0.253 e. The predicted octanol–water partition coefficient (Wildman–Crippen LogP) is 5.00. The predicted molar refractivity (Wildman–Crippen MR) is 96.9 cm³/mol. The fraction of sp³-hybridized carbons (Fsp3) is 0.350. The van der Waals surface area contributed by atoms with Crippen LogP contribution in [0.4, 0.5) is 0 Å². The molecule has 0 bridgehead atoms. The molecular weight excluding hydrogens is 306 g/mol. The second-order valence-electron chi connectivity index (χ2n) is 6.94. The summed E-state index contributed by atoms with van der Waals surface area (Å²) < 4.78 is 0. The first-order valence-electron chi connectivity index (χ1n) is 7.81. The molecule has 2 nitrogen and oxygen atoms in total. The molecule has 23 heavy (non-hydrogen) atoms. The van der Waals surface area contributed by atoms with Gasteiger partial charge in [-0.2, -0.15) is 0 Å². The molecule has 0 fully saturated rings. The van der Waals surface area contributed by atoms with Gasteiger partial charge in [-0.05, 0) is 34.2 Å². The quantitative estimate of drug-likeness (QED) is 0.723. The van der Waals surface area contributed by atoms with Crippen LogP contribution in [0.3, 0.4) is 0 Å². The number of benzene rings is 2. The average Bonchev–Trinajstić information content (AvgIpc) is 2.53. The van der Waals surface area contributed by atoms with E-state index in [0.717, 1.165) is 11.1 Å². The van der Waals surface area contributed by atoms with Crippen LogP contribution in [0.15, 0.2) is 48.5 Å². The summed E-state index contributed by atoms with van der Waals surface area (Å²) in [5, 5.41) is 0. The Morgan fingerprint density at radius 2 is 1.70 bits per heavy atom. The lowest BCUT2D eigenvalue weighted by Gasteiger charge is -2.21. The Bertz CT molecular complexity index is 671. The van der Waals surface area contributed by atoms with E-state index in [2.05, 4.69) is 45.0 Å². The molecule has 2 aromatic carbocycles. The molecular formula is C20H24ClNO. The maximum absolute atomic E-state index is 12.5. The molecule has 0 heterocycles. The van der Waals surface area contributed by atoms with Crippen LogP contribution in [0.2, 0.25) is 0 Å². The standard InChI is InChI=1S/C20H24ClNO/c1-20(2,3)18-10-8-15(9-11-18)14-22(4)19(23)17-7-5-6-16(12-17)13-21/h5-12H,13-14H2,1-4H3. The molecule has 0 spiro atoms. The largest absolute Gasteiger partial charge is 0.337 e. The Morgan fingerprint density at radius 1 is 1.04 bits per heavy atom. The van der Waals surface area contributed by atoms with E-state index in [1.807, 2.05) is 31.3 Å². The van der Waals surface area contributed by atoms with Crippen molar-refractivity contribution in [1.82, 2.24) is 4.90 Å². The number of amides is 1. The molecule has 0 atom stereocenters. The monoisotopic (exact) mass is 329 g/mol. The zero-order valence-electron chi connectivity index (χ0n) is 14.3. The topological polar surface area (TPSA) is 20.3 Å². The normalized spacial score (nSPS) is 11.3. The molecule has 1 amide bonds. The number of hydrogen-bond acceptors (Lipinski definition) is 1. The zero-order valence-corrected chi connectivity index (χ0v) is 15.0. The molecule has 0 saturated carbocycles. The van der Waals surface area contributed by atoms with Gasteiger partial charge in [0.15, 0.2) is 0 Å². The lowest BCUT2D eigenvalue weighted by molar-refractivity contribution is 0.0785. The second-order valence-corrected chi connectivity index (χ2v) is 7.21. The van der Waals surface area contributed by atoms with Crippen LogP contribution >= 0.6 is 11.6 Å². The highest BCUT2D eigenvalue weighted by molar-refractivity contribution is 6.17. The van der Waals surface area contributed by atoms with Crippen molar-refractivity contribution in [3.05, 3.63) is 70.8 Å². The van der Waals surface area contributed by atoms with Gasteiger partial charge in [0.25, 0.3) is 5.91 Å². The van der Waals surface area contributed by atoms with Gasteiger partial charge in [0.2, 0.25) is 0 Å². The second kappa shape index (κ2) is 7.18. The molecule has 0 aliphatic carbocycles. The summed E-state index contributed by atoms with van der Waals surface area (Å²) in [5.74, 6) is 0.427. The van der Waals surface area contributed by atoms with Gasteiger partial charge in [0.05, 0.1) is 0 Å². The van der Waals surface area contributed by atoms with Crippen molar-refractivity contribution in [1.29, 1.82) is 0 Å². The highest BCUT2D eigenvalue weighted by Gasteiger charge is 2.15. The first-order chi connectivity index (χ1) is 10.8. The number of halogens is 1. The van der Waals surface area contributed by atoms with Crippen LogP contribution in [0, 0.1) is 0 Å². The van der Waals surface area contributed by atoms with Gasteiger partial charge >= 0.3 is 0 Å². The Labute approximate surface area is 144 Å². The molecule has 3 heteroatoms. The summed E-state index contributed by atoms with van der Waals surface area (Å²) in [4.78, 5) is 14.3. The highest BCUT2D eigenvalue weighted by Crippen LogP contribution is 2.22. The summed E-state index contributed by atoms with van der Waals surface area (Å²) >= 11 is 5.84. The molecule has 0 aliphatic heterocycles. The van der Waals surface area contributed by atoms with Crippen molar-refractivity contribution in [3.8, 4) is 0 Å². The molecule has 0 unspecified atom stereocenters. The van der Waals surface area contributed by atoms with Gasteiger partial charge in [-0.25, -0.2) is 0 Å². The molecule has 0 N–H and O–H groups in total. The number of alkyl halides is 1. The maximum Gasteiger partial charge on any atom is 0.253 e. The minimum Gasteiger partial charge on any atom is -0.337 e. The fourth-order valence-corrected chi connectivity index (χ4v) is 2.63. The summed E-state index contributed by atoms with van der Waals surface area (Å²) in [6, 6.07) is 16.0. The Kier molecular flexibility index (Phi) is 5.48. The third-order valence-corrected chi connectivity index (χ3v) is 4.22. The maximum atomic E-state index is 12.5. The van der Waals surface area contributed by atoms with Gasteiger partial charge in [-0.15, -0.1) is 11.6 Å². The number of hydrogen-bond donors (Lipinski definition) is 0. The van der Waals surface area contributed by atoms with E-state index in [1.165, 1.54) is 5.56 Å². The van der Waals surface area contributed by atoms with E-state index in [9.17, 15) is 4.79 Å². The minimum atomic E-state index is 0.0110. The first kappa shape index (κ1) is 17.6. The fourth-order valence-electron chi connectivity index (χ4n) is 2.46. The summed E-state index contributed by atoms with van der Waals surface area (Å²) in [6.07, 6.45) is 0. The van der Waals surface area contributed by atoms with Crippen LogP contribution in [0.1, 0.15) is 47.8 Å². The average molecular weight is 330 g/mol. The van der Waals surface area contributed by atoms with E-state index in [0.29, 0.717) is 18.0 Å². The summed E-state index contributed by atoms with van der Waals surface area (Å²) in [7, 11) is 1.83. The van der Waals surface area contributed by atoms with Gasteiger partial charge in [0.1, 0.15) is 0 Å². The lowest BCUT2D eigenvalue weighted by Crippen LogP contribution is -2.26. The zero-order chi connectivity index (χ0) is 17.0. The highest BCUT2D eigenvalue weighted by atomic mass is 35.5. The molecule has 0 aromatic heterocycles. The third kappa shape index (κ3) is 4.59. The van der Waals surface area contributed by atoms with Crippen molar-refractivity contribution in [3.63, 3.8) is 0 Å². The Balaban J connectivity index is 2.08. The van der Waals surface area contributed by atoms with Gasteiger partial charge in [-0.3, -0.25) is 4.79 Å². The lowest BCUT2D eigenvalue weighted by atomic mass is 9.87. The van der Waals surface area contributed by atoms with Crippen LogP contribution in [0.5, 0.6) is 0 Å². The van der Waals surface area contributed by atoms with Crippen LogP contribution in [-0.4, -0.2) is 17.9 Å². The van der Waals surface area contributed by atoms with Crippen molar-refractivity contribution < 1.29 is 4.79 Å². The molecule has 0 saturated heterocycles. The number of rotatable bonds is 4. The van der Waals surface area contributed by atoms with E-state index in [-0.39, 0.29) is 11.3 Å². The van der Waals surface area contributed by atoms with Gasteiger partial charge < -0.3 is 4.90 Å². The van der Waals surface area contributed by atoms with Crippen molar-refractivity contribution in [2.75, 3.05) is 7.05 Å². The number of carbonyl (C=O) groups is 1. The van der Waals surface area contributed by atoms with Crippen LogP contribution in [-0.2, 0) is 17.8 Å². The van der Waals surface area contributed by atoms with E-state index in [1.54, 1.807) is 4.90 Å². The third-order valence-electron chi connectivity index (χ3n) is 3.91. The molecule has 122 valence electrons. The van der Waals surface area contributed by atoms with Crippen LogP contribution in [0.25, 0.3) is 0 Å². The number of carbonyl (C=O) groups excluding carboxylic acids is 1. The summed E-state index contributed by atoms with van der Waals surface area (Å²) in [6.45, 7) is 7.18. The molecule has 0 aliphatic rings. The minimum absolute atomic E-state index is 0.0110. The van der Waals surface area contributed by atoms with Gasteiger partial charge in [0, 0.05) is 25.0 Å². The van der Waals surface area contributed by atoms with Gasteiger partial charge in [-0.1, -0.05) is 57.2 Å². The van der Waals surface area contributed by atoms with Crippen LogP contribution < -0.4 is 0 Å². The van der Waals surface area contributed by atoms with E-state index < -0.39 is 0 Å². The molecule has 2 aromatic rings. The Morgan fingerprint density at radius 3 is 2.26 bits per heavy atom. The SMILES string of the molecule is CN(Cc1ccc(C(C)(C)C)cc1)C(=O)c1cccc(CCl)c1. The summed E-state index contributed by atoms with van der Waals surface area (Å²) in [5.41, 5.74) is 4.20. The van der Waals surface area contributed by atoms with E-state index in [4.69, 9.17) is 11.6 Å². The van der Waals surface area contributed by atoms with Crippen molar-refractivity contribution in [2.24, 2.45) is 0 Å².